The van der Waals surface area contributed by atoms with Gasteiger partial charge in [0, 0.05) is 38.1 Å². The number of benzene rings is 1. The van der Waals surface area contributed by atoms with E-state index in [2.05, 4.69) is 10.3 Å². The van der Waals surface area contributed by atoms with Gasteiger partial charge in [0.15, 0.2) is 6.10 Å². The number of aryl methyl sites for hydroxylation is 1. The summed E-state index contributed by atoms with van der Waals surface area (Å²) in [5.41, 5.74) is 2.06. The lowest BCUT2D eigenvalue weighted by molar-refractivity contribution is -0.132. The minimum Gasteiger partial charge on any atom is -0.481 e. The number of nitrogens with zero attached hydrogens (tertiary/aromatic N) is 2. The van der Waals surface area contributed by atoms with Crippen LogP contribution in [0, 0.1) is 6.92 Å². The molecule has 3 rings (SSSR count). The number of carbonyl (C=O) groups is 2. The van der Waals surface area contributed by atoms with E-state index in [1.54, 1.807) is 42.4 Å². The van der Waals surface area contributed by atoms with Crippen molar-refractivity contribution in [3.63, 3.8) is 0 Å². The number of pyridine rings is 1. The number of carbonyl (C=O) groups excluding carboxylic acids is 2. The second-order valence-corrected chi connectivity index (χ2v) is 5.83. The van der Waals surface area contributed by atoms with Crippen molar-refractivity contribution in [2.45, 2.75) is 19.4 Å². The monoisotopic (exact) mass is 325 g/mol. The maximum Gasteiger partial charge on any atom is 0.263 e. The summed E-state index contributed by atoms with van der Waals surface area (Å²) in [4.78, 5) is 29.7. The third-order valence-electron chi connectivity index (χ3n) is 4.03. The summed E-state index contributed by atoms with van der Waals surface area (Å²) in [6.45, 7) is 2.59. The highest BCUT2D eigenvalue weighted by atomic mass is 16.5. The molecule has 1 aromatic carbocycles. The number of aromatic nitrogens is 1. The Balaban J connectivity index is 1.69. The second-order valence-electron chi connectivity index (χ2n) is 5.83. The molecule has 0 aliphatic carbocycles. The molecule has 1 N–H and O–H groups in total. The Morgan fingerprint density at radius 1 is 1.38 bits per heavy atom. The molecule has 2 heterocycles. The van der Waals surface area contributed by atoms with Gasteiger partial charge in [-0.25, -0.2) is 0 Å². The van der Waals surface area contributed by atoms with E-state index in [1.807, 2.05) is 13.0 Å². The van der Waals surface area contributed by atoms with Crippen LogP contribution in [-0.4, -0.2) is 41.4 Å². The predicted molar refractivity (Wildman–Crippen MR) is 90.0 cm³/mol. The molecule has 1 unspecified atom stereocenters. The Bertz CT molecular complexity index is 761. The van der Waals surface area contributed by atoms with Crippen LogP contribution in [0.2, 0.25) is 0 Å². The molecule has 0 saturated carbocycles. The lowest BCUT2D eigenvalue weighted by atomic mass is 10.1. The fourth-order valence-corrected chi connectivity index (χ4v) is 2.61. The van der Waals surface area contributed by atoms with Gasteiger partial charge in [-0.2, -0.15) is 0 Å². The summed E-state index contributed by atoms with van der Waals surface area (Å²) < 4.78 is 5.77. The highest BCUT2D eigenvalue weighted by molar-refractivity contribution is 6.04. The van der Waals surface area contributed by atoms with Crippen LogP contribution in [0.5, 0.6) is 5.75 Å². The molecule has 6 nitrogen and oxygen atoms in total. The Labute approximate surface area is 140 Å². The van der Waals surface area contributed by atoms with Crippen molar-refractivity contribution in [1.29, 1.82) is 0 Å². The lowest BCUT2D eigenvalue weighted by Crippen LogP contribution is -2.29. The summed E-state index contributed by atoms with van der Waals surface area (Å²) in [6, 6.07) is 8.79. The zero-order valence-corrected chi connectivity index (χ0v) is 13.7. The highest BCUT2D eigenvalue weighted by Crippen LogP contribution is 2.24. The second kappa shape index (κ2) is 6.70. The van der Waals surface area contributed by atoms with E-state index in [9.17, 15) is 9.59 Å². The number of anilines is 1. The number of rotatable bonds is 4. The molecule has 1 atom stereocenters. The van der Waals surface area contributed by atoms with Gasteiger partial charge in [0.25, 0.3) is 11.8 Å². The first-order valence-corrected chi connectivity index (χ1v) is 7.78. The minimum atomic E-state index is -0.426. The maximum absolute atomic E-state index is 12.2. The largest absolute Gasteiger partial charge is 0.481 e. The van der Waals surface area contributed by atoms with Crippen LogP contribution in [0.4, 0.5) is 5.69 Å². The highest BCUT2D eigenvalue weighted by Gasteiger charge is 2.30. The molecule has 1 aliphatic rings. The maximum atomic E-state index is 12.2. The van der Waals surface area contributed by atoms with Gasteiger partial charge < -0.3 is 15.0 Å². The van der Waals surface area contributed by atoms with E-state index in [4.69, 9.17) is 4.74 Å². The van der Waals surface area contributed by atoms with Crippen LogP contribution in [-0.2, 0) is 4.79 Å². The molecule has 2 amide bonds. The Morgan fingerprint density at radius 2 is 2.21 bits per heavy atom. The van der Waals surface area contributed by atoms with Gasteiger partial charge >= 0.3 is 0 Å². The van der Waals surface area contributed by atoms with Gasteiger partial charge in [0.1, 0.15) is 5.75 Å². The third-order valence-corrected chi connectivity index (χ3v) is 4.03. The van der Waals surface area contributed by atoms with E-state index in [-0.39, 0.29) is 11.8 Å². The number of nitrogens with one attached hydrogen (secondary N) is 1. The van der Waals surface area contributed by atoms with Crippen LogP contribution in [0.3, 0.4) is 0 Å². The first-order valence-electron chi connectivity index (χ1n) is 7.78. The summed E-state index contributed by atoms with van der Waals surface area (Å²) >= 11 is 0. The van der Waals surface area contributed by atoms with Crippen molar-refractivity contribution >= 4 is 17.5 Å². The Morgan fingerprint density at radius 3 is 2.83 bits per heavy atom. The number of hydrogen-bond acceptors (Lipinski definition) is 4. The summed E-state index contributed by atoms with van der Waals surface area (Å²) in [5, 5.41) is 2.85. The smallest absolute Gasteiger partial charge is 0.263 e. The fraction of sp³-hybridized carbons (Fsp3) is 0.278. The summed E-state index contributed by atoms with van der Waals surface area (Å²) in [7, 11) is 1.77. The number of amides is 2. The van der Waals surface area contributed by atoms with Gasteiger partial charge in [-0.3, -0.25) is 14.6 Å². The first kappa shape index (κ1) is 16.0. The van der Waals surface area contributed by atoms with E-state index in [1.165, 1.54) is 6.20 Å². The van der Waals surface area contributed by atoms with Gasteiger partial charge in [0.2, 0.25) is 0 Å². The van der Waals surface area contributed by atoms with E-state index >= 15 is 0 Å². The molecular weight excluding hydrogens is 306 g/mol. The van der Waals surface area contributed by atoms with Crippen molar-refractivity contribution in [2.75, 3.05) is 18.9 Å². The van der Waals surface area contributed by atoms with Crippen molar-refractivity contribution in [2.24, 2.45) is 0 Å². The molecule has 2 aromatic rings. The summed E-state index contributed by atoms with van der Waals surface area (Å²) in [6.07, 6.45) is 3.40. The van der Waals surface area contributed by atoms with Crippen LogP contribution >= 0.6 is 0 Å². The molecule has 1 aliphatic heterocycles. The first-order chi connectivity index (χ1) is 11.5. The van der Waals surface area contributed by atoms with Gasteiger partial charge in [-0.05, 0) is 42.8 Å². The van der Waals surface area contributed by atoms with E-state index in [0.717, 1.165) is 5.56 Å². The molecular formula is C18H19N3O3. The number of hydrogen-bond donors (Lipinski definition) is 1. The van der Waals surface area contributed by atoms with Crippen LogP contribution in [0.1, 0.15) is 22.3 Å². The quantitative estimate of drug-likeness (QED) is 0.936. The molecule has 0 bridgehead atoms. The van der Waals surface area contributed by atoms with E-state index in [0.29, 0.717) is 30.0 Å². The summed E-state index contributed by atoms with van der Waals surface area (Å²) in [5.74, 6) is 0.412. The number of likely N-dealkylation sites (tertiary alicyclic amines) is 1. The van der Waals surface area contributed by atoms with Crippen LogP contribution < -0.4 is 10.1 Å². The molecule has 0 spiro atoms. The molecule has 1 fully saturated rings. The molecule has 0 radical (unpaired) electrons. The lowest BCUT2D eigenvalue weighted by Gasteiger charge is -2.15. The standard InChI is InChI=1S/C18H19N3O3/c1-12-10-14(24-16-7-9-21(2)18(16)23)5-6-15(12)20-17(22)13-4-3-8-19-11-13/h3-6,8,10-11,16H,7,9H2,1-2H3,(H,20,22). The average Bonchev–Trinajstić information content (AvgIpc) is 2.90. The van der Waals surface area contributed by atoms with E-state index < -0.39 is 6.10 Å². The van der Waals surface area contributed by atoms with Gasteiger partial charge in [-0.1, -0.05) is 0 Å². The van der Waals surface area contributed by atoms with Crippen molar-refractivity contribution < 1.29 is 14.3 Å². The van der Waals surface area contributed by atoms with Crippen LogP contribution in [0.15, 0.2) is 42.7 Å². The van der Waals surface area contributed by atoms with Gasteiger partial charge in [0.05, 0.1) is 5.56 Å². The third kappa shape index (κ3) is 3.37. The molecule has 24 heavy (non-hydrogen) atoms. The Hall–Kier alpha value is -2.89. The molecule has 1 saturated heterocycles. The molecule has 6 heteroatoms. The SMILES string of the molecule is Cc1cc(OC2CCN(C)C2=O)ccc1NC(=O)c1cccnc1. The zero-order chi connectivity index (χ0) is 17.1. The minimum absolute atomic E-state index is 0.00149. The zero-order valence-electron chi connectivity index (χ0n) is 13.7. The van der Waals surface area contributed by atoms with Gasteiger partial charge in [-0.15, -0.1) is 0 Å². The molecule has 1 aromatic heterocycles. The Kier molecular flexibility index (Phi) is 4.46. The average molecular weight is 325 g/mol. The normalized spacial score (nSPS) is 17.0. The molecule has 124 valence electrons. The van der Waals surface area contributed by atoms with Crippen molar-refractivity contribution in [3.8, 4) is 5.75 Å². The number of ether oxygens (including phenoxy) is 1. The fourth-order valence-electron chi connectivity index (χ4n) is 2.61. The number of likely N-dealkylation sites (N-methyl/N-ethyl adjacent to an activating group) is 1. The predicted octanol–water partition coefficient (Wildman–Crippen LogP) is 2.25. The van der Waals surface area contributed by atoms with Crippen molar-refractivity contribution in [3.05, 3.63) is 53.9 Å². The van der Waals surface area contributed by atoms with Crippen LogP contribution in [0.25, 0.3) is 0 Å². The topological polar surface area (TPSA) is 71.5 Å². The van der Waals surface area contributed by atoms with Crippen molar-refractivity contribution in [1.82, 2.24) is 9.88 Å².